The maximum absolute atomic E-state index is 14.5. The third kappa shape index (κ3) is 5.28. The molecular weight excluding hydrogens is 518 g/mol. The van der Waals surface area contributed by atoms with E-state index in [0.29, 0.717) is 38.8 Å². The molecule has 3 saturated heterocycles. The standard InChI is InChI=1S/C33H43N3O5/c1-3-5-12-19-34-30(39)28-33-18-17-32(4-2,41-33)26(29(38)35-21-24-15-10-7-11-16-24)27(33)31(40)36(28)25(22-37)20-23-13-8-6-9-14-23/h6-11,13-16,25-28,37H,3-5,12,17-22H2,1-2H3,(H,34,39)(H,35,38)/t25-,26+,27+,28?,32-,33?/m1/s1. The minimum absolute atomic E-state index is 0.219. The minimum Gasteiger partial charge on any atom is -0.394 e. The Bertz CT molecular complexity index is 1220. The molecule has 3 amide bonds. The molecule has 8 nitrogen and oxygen atoms in total. The first kappa shape index (κ1) is 29.3. The van der Waals surface area contributed by atoms with Crippen LogP contribution in [0.3, 0.4) is 0 Å². The van der Waals surface area contributed by atoms with E-state index in [9.17, 15) is 19.5 Å². The molecule has 0 aliphatic carbocycles. The van der Waals surface area contributed by atoms with Crippen LogP contribution in [-0.4, -0.2) is 64.2 Å². The Morgan fingerprint density at radius 2 is 1.66 bits per heavy atom. The van der Waals surface area contributed by atoms with Crippen molar-refractivity contribution in [2.45, 2.75) is 88.6 Å². The number of nitrogens with one attached hydrogen (secondary N) is 2. The van der Waals surface area contributed by atoms with Crippen LogP contribution < -0.4 is 10.6 Å². The van der Waals surface area contributed by atoms with Crippen molar-refractivity contribution in [3.63, 3.8) is 0 Å². The summed E-state index contributed by atoms with van der Waals surface area (Å²) in [5.74, 6) is -2.26. The summed E-state index contributed by atoms with van der Waals surface area (Å²) in [7, 11) is 0. The van der Waals surface area contributed by atoms with E-state index in [1.807, 2.05) is 67.6 Å². The molecule has 3 aliphatic rings. The molecule has 3 fully saturated rings. The molecule has 8 heteroatoms. The molecule has 0 aromatic heterocycles. The lowest BCUT2D eigenvalue weighted by atomic mass is 9.65. The van der Waals surface area contributed by atoms with Crippen LogP contribution in [0.15, 0.2) is 60.7 Å². The Morgan fingerprint density at radius 3 is 2.29 bits per heavy atom. The Balaban J connectivity index is 1.48. The van der Waals surface area contributed by atoms with E-state index in [2.05, 4.69) is 17.6 Å². The Morgan fingerprint density at radius 1 is 0.976 bits per heavy atom. The molecule has 2 aromatic rings. The molecule has 2 unspecified atom stereocenters. The number of hydrogen-bond acceptors (Lipinski definition) is 5. The summed E-state index contributed by atoms with van der Waals surface area (Å²) in [6.07, 6.45) is 4.96. The second-order valence-electron chi connectivity index (χ2n) is 11.8. The molecule has 1 spiro atoms. The number of fused-ring (bicyclic) bond motifs is 1. The highest BCUT2D eigenvalue weighted by Gasteiger charge is 2.79. The molecule has 0 saturated carbocycles. The van der Waals surface area contributed by atoms with Gasteiger partial charge in [0.1, 0.15) is 11.6 Å². The van der Waals surface area contributed by atoms with Crippen molar-refractivity contribution in [2.24, 2.45) is 11.8 Å². The molecule has 2 aromatic carbocycles. The maximum atomic E-state index is 14.5. The van der Waals surface area contributed by atoms with Gasteiger partial charge < -0.3 is 25.4 Å². The Labute approximate surface area is 242 Å². The molecule has 2 bridgehead atoms. The molecule has 6 atom stereocenters. The molecule has 220 valence electrons. The number of aliphatic hydroxyl groups is 1. The van der Waals surface area contributed by atoms with E-state index in [4.69, 9.17) is 4.74 Å². The van der Waals surface area contributed by atoms with Crippen LogP contribution in [0.2, 0.25) is 0 Å². The van der Waals surface area contributed by atoms with Crippen LogP contribution in [0.1, 0.15) is 63.5 Å². The number of carbonyl (C=O) groups is 3. The maximum Gasteiger partial charge on any atom is 0.245 e. The fourth-order valence-electron chi connectivity index (χ4n) is 7.46. The number of amides is 3. The fourth-order valence-corrected chi connectivity index (χ4v) is 7.46. The van der Waals surface area contributed by atoms with Gasteiger partial charge in [-0.05, 0) is 43.2 Å². The number of carbonyl (C=O) groups excluding carboxylic acids is 3. The third-order valence-electron chi connectivity index (χ3n) is 9.46. The van der Waals surface area contributed by atoms with Crippen molar-refractivity contribution < 1.29 is 24.2 Å². The zero-order valence-electron chi connectivity index (χ0n) is 24.2. The molecule has 3 aliphatic heterocycles. The van der Waals surface area contributed by atoms with Crippen LogP contribution >= 0.6 is 0 Å². The predicted molar refractivity (Wildman–Crippen MR) is 156 cm³/mol. The first-order chi connectivity index (χ1) is 19.9. The van der Waals surface area contributed by atoms with Crippen LogP contribution in [0.4, 0.5) is 0 Å². The van der Waals surface area contributed by atoms with Gasteiger partial charge in [0, 0.05) is 13.1 Å². The molecule has 41 heavy (non-hydrogen) atoms. The Hall–Kier alpha value is -3.23. The highest BCUT2D eigenvalue weighted by atomic mass is 16.5. The van der Waals surface area contributed by atoms with Gasteiger partial charge in [-0.2, -0.15) is 0 Å². The normalized spacial score (nSPS) is 28.9. The zero-order valence-corrected chi connectivity index (χ0v) is 24.2. The van der Waals surface area contributed by atoms with Crippen molar-refractivity contribution in [1.29, 1.82) is 0 Å². The quantitative estimate of drug-likeness (QED) is 0.325. The van der Waals surface area contributed by atoms with Crippen molar-refractivity contribution >= 4 is 17.7 Å². The number of unbranched alkanes of at least 4 members (excludes halogenated alkanes) is 2. The summed E-state index contributed by atoms with van der Waals surface area (Å²) in [6.45, 7) is 4.66. The third-order valence-corrected chi connectivity index (χ3v) is 9.46. The number of likely N-dealkylation sites (tertiary alicyclic amines) is 1. The molecule has 5 rings (SSSR count). The predicted octanol–water partition coefficient (Wildman–Crippen LogP) is 3.37. The summed E-state index contributed by atoms with van der Waals surface area (Å²) in [4.78, 5) is 43.9. The van der Waals surface area contributed by atoms with Gasteiger partial charge in [-0.15, -0.1) is 0 Å². The summed E-state index contributed by atoms with van der Waals surface area (Å²) in [6, 6.07) is 17.8. The number of nitrogens with zero attached hydrogens (tertiary/aromatic N) is 1. The largest absolute Gasteiger partial charge is 0.394 e. The van der Waals surface area contributed by atoms with Gasteiger partial charge in [0.15, 0.2) is 0 Å². The SMILES string of the molecule is CCCCCNC(=O)C1N([C@@H](CO)Cc2ccccc2)C(=O)[C@@H]2[C@@H](C(=O)NCc3ccccc3)[C@@]3(CC)CCC12O3. The average Bonchev–Trinajstić information content (AvgIpc) is 3.61. The topological polar surface area (TPSA) is 108 Å². The summed E-state index contributed by atoms with van der Waals surface area (Å²) in [5.41, 5.74) is 0.0172. The smallest absolute Gasteiger partial charge is 0.245 e. The van der Waals surface area contributed by atoms with Gasteiger partial charge in [-0.3, -0.25) is 14.4 Å². The van der Waals surface area contributed by atoms with Gasteiger partial charge in [0.2, 0.25) is 17.7 Å². The lowest BCUT2D eigenvalue weighted by molar-refractivity contribution is -0.151. The monoisotopic (exact) mass is 561 g/mol. The second kappa shape index (κ2) is 12.3. The number of aliphatic hydroxyl groups excluding tert-OH is 1. The highest BCUT2D eigenvalue weighted by molar-refractivity contribution is 5.99. The summed E-state index contributed by atoms with van der Waals surface area (Å²) in [5, 5.41) is 16.7. The summed E-state index contributed by atoms with van der Waals surface area (Å²) < 4.78 is 6.85. The van der Waals surface area contributed by atoms with Gasteiger partial charge >= 0.3 is 0 Å². The number of hydrogen-bond donors (Lipinski definition) is 3. The lowest BCUT2D eigenvalue weighted by Gasteiger charge is -2.37. The van der Waals surface area contributed by atoms with Crippen molar-refractivity contribution in [3.8, 4) is 0 Å². The first-order valence-corrected chi connectivity index (χ1v) is 15.2. The number of rotatable bonds is 13. The van der Waals surface area contributed by atoms with Crippen LogP contribution in [0.5, 0.6) is 0 Å². The van der Waals surface area contributed by atoms with Crippen LogP contribution in [0, 0.1) is 11.8 Å². The van der Waals surface area contributed by atoms with Crippen molar-refractivity contribution in [2.75, 3.05) is 13.2 Å². The average molecular weight is 562 g/mol. The van der Waals surface area contributed by atoms with Crippen LogP contribution in [-0.2, 0) is 32.1 Å². The highest BCUT2D eigenvalue weighted by Crippen LogP contribution is 2.64. The molecular formula is C33H43N3O5. The van der Waals surface area contributed by atoms with E-state index in [1.165, 1.54) is 0 Å². The van der Waals surface area contributed by atoms with Crippen molar-refractivity contribution in [1.82, 2.24) is 15.5 Å². The molecule has 0 radical (unpaired) electrons. The van der Waals surface area contributed by atoms with Gasteiger partial charge in [0.05, 0.1) is 30.1 Å². The van der Waals surface area contributed by atoms with E-state index in [-0.39, 0.29) is 24.3 Å². The second-order valence-corrected chi connectivity index (χ2v) is 11.8. The van der Waals surface area contributed by atoms with Gasteiger partial charge in [0.25, 0.3) is 0 Å². The lowest BCUT2D eigenvalue weighted by Crippen LogP contribution is -2.58. The molecule has 3 heterocycles. The van der Waals surface area contributed by atoms with E-state index in [0.717, 1.165) is 30.4 Å². The zero-order chi connectivity index (χ0) is 29.0. The van der Waals surface area contributed by atoms with Gasteiger partial charge in [-0.1, -0.05) is 87.4 Å². The summed E-state index contributed by atoms with van der Waals surface area (Å²) >= 11 is 0. The van der Waals surface area contributed by atoms with Crippen LogP contribution in [0.25, 0.3) is 0 Å². The fraction of sp³-hybridized carbons (Fsp3) is 0.545. The van der Waals surface area contributed by atoms with E-state index >= 15 is 0 Å². The molecule has 3 N–H and O–H groups in total. The number of benzene rings is 2. The number of ether oxygens (including phenoxy) is 1. The van der Waals surface area contributed by atoms with E-state index < -0.39 is 35.1 Å². The van der Waals surface area contributed by atoms with Crippen molar-refractivity contribution in [3.05, 3.63) is 71.8 Å². The Kier molecular flexibility index (Phi) is 8.80. The first-order valence-electron chi connectivity index (χ1n) is 15.2. The minimum atomic E-state index is -1.11. The van der Waals surface area contributed by atoms with Gasteiger partial charge in [-0.25, -0.2) is 0 Å². The van der Waals surface area contributed by atoms with E-state index in [1.54, 1.807) is 4.90 Å².